The summed E-state index contributed by atoms with van der Waals surface area (Å²) in [5, 5.41) is 7.44. The van der Waals surface area contributed by atoms with Crippen LogP contribution in [0.2, 0.25) is 5.02 Å². The van der Waals surface area contributed by atoms with Gasteiger partial charge in [0.1, 0.15) is 0 Å². The summed E-state index contributed by atoms with van der Waals surface area (Å²) in [6.07, 6.45) is 4.49. The molecular weight excluding hydrogens is 418 g/mol. The van der Waals surface area contributed by atoms with E-state index in [1.54, 1.807) is 16.9 Å². The Balaban J connectivity index is 1.89. The smallest absolute Gasteiger partial charge is 0.249 e. The highest BCUT2D eigenvalue weighted by molar-refractivity contribution is 6.31. The zero-order valence-electron chi connectivity index (χ0n) is 16.4. The van der Waals surface area contributed by atoms with Gasteiger partial charge in [-0.1, -0.05) is 60.1 Å². The Morgan fingerprint density at radius 1 is 1.03 bits per heavy atom. The molecule has 0 saturated heterocycles. The van der Waals surface area contributed by atoms with Crippen molar-refractivity contribution in [3.05, 3.63) is 83.0 Å². The Morgan fingerprint density at radius 3 is 2.32 bits per heavy atom. The van der Waals surface area contributed by atoms with Crippen LogP contribution in [0.4, 0.5) is 0 Å². The van der Waals surface area contributed by atoms with E-state index in [-0.39, 0.29) is 0 Å². The second-order valence-corrected chi connectivity index (χ2v) is 7.07. The quantitative estimate of drug-likeness (QED) is 0.365. The van der Waals surface area contributed by atoms with E-state index in [0.29, 0.717) is 22.8 Å². The Bertz CT molecular complexity index is 1130. The number of nitrogens with two attached hydrogens (primary N) is 2. The van der Waals surface area contributed by atoms with Gasteiger partial charge in [-0.2, -0.15) is 5.10 Å². The highest BCUT2D eigenvalue weighted by Crippen LogP contribution is 2.24. The van der Waals surface area contributed by atoms with Gasteiger partial charge in [0.15, 0.2) is 6.04 Å². The molecule has 2 aromatic carbocycles. The van der Waals surface area contributed by atoms with Gasteiger partial charge < -0.3 is 16.8 Å². The lowest BCUT2D eigenvalue weighted by Gasteiger charge is -2.09. The maximum Gasteiger partial charge on any atom is 0.249 e. The van der Waals surface area contributed by atoms with Crippen molar-refractivity contribution < 1.29 is 14.4 Å². The van der Waals surface area contributed by atoms with E-state index in [0.717, 1.165) is 11.1 Å². The van der Waals surface area contributed by atoms with Crippen LogP contribution in [0.1, 0.15) is 11.1 Å². The van der Waals surface area contributed by atoms with E-state index in [2.05, 4.69) is 10.4 Å². The molecule has 158 valence electrons. The summed E-state index contributed by atoms with van der Waals surface area (Å²) < 4.78 is 1.72. The molecule has 0 aliphatic carbocycles. The maximum absolute atomic E-state index is 12.2. The number of benzene rings is 2. The van der Waals surface area contributed by atoms with Crippen LogP contribution in [-0.2, 0) is 20.9 Å². The van der Waals surface area contributed by atoms with Crippen molar-refractivity contribution in [1.82, 2.24) is 15.1 Å². The third-order valence-corrected chi connectivity index (χ3v) is 4.77. The molecule has 5 N–H and O–H groups in total. The van der Waals surface area contributed by atoms with Crippen molar-refractivity contribution in [3.63, 3.8) is 0 Å². The van der Waals surface area contributed by atoms with Crippen LogP contribution >= 0.6 is 11.6 Å². The molecule has 0 bridgehead atoms. The maximum atomic E-state index is 12.2. The van der Waals surface area contributed by atoms with Crippen LogP contribution in [0, 0.1) is 0 Å². The van der Waals surface area contributed by atoms with E-state index in [1.807, 2.05) is 48.5 Å². The van der Waals surface area contributed by atoms with Crippen LogP contribution < -0.4 is 16.8 Å². The summed E-state index contributed by atoms with van der Waals surface area (Å²) in [6.45, 7) is 0.435. The van der Waals surface area contributed by atoms with E-state index in [1.165, 1.54) is 12.2 Å². The van der Waals surface area contributed by atoms with Gasteiger partial charge in [0.25, 0.3) is 0 Å². The molecule has 3 aromatic rings. The Hall–Kier alpha value is -3.91. The molecule has 31 heavy (non-hydrogen) atoms. The minimum Gasteiger partial charge on any atom is -0.367 e. The van der Waals surface area contributed by atoms with Crippen molar-refractivity contribution in [2.45, 2.75) is 12.6 Å². The second-order valence-electron chi connectivity index (χ2n) is 6.67. The average molecular weight is 438 g/mol. The number of nitrogens with zero attached hydrogens (tertiary/aromatic N) is 2. The van der Waals surface area contributed by atoms with Crippen LogP contribution in [0.5, 0.6) is 0 Å². The minimum atomic E-state index is -1.59. The first kappa shape index (κ1) is 21.8. The van der Waals surface area contributed by atoms with Gasteiger partial charge in [-0.05, 0) is 17.7 Å². The third-order valence-electron chi connectivity index (χ3n) is 4.40. The molecule has 9 heteroatoms. The number of hydrogen-bond donors (Lipinski definition) is 3. The van der Waals surface area contributed by atoms with E-state index < -0.39 is 23.8 Å². The Morgan fingerprint density at radius 2 is 1.68 bits per heavy atom. The lowest BCUT2D eigenvalue weighted by molar-refractivity contribution is -0.132. The Labute approximate surface area is 183 Å². The molecule has 0 aliphatic heterocycles. The minimum absolute atomic E-state index is 0.435. The summed E-state index contributed by atoms with van der Waals surface area (Å²) >= 11 is 6.26. The standard InChI is InChI=1S/C22H20ClN5O3/c23-17-9-5-4-8-15(17)12-28-13-16(19(27-28)14-6-2-1-3-7-14)10-11-18(29)26-20(21(24)30)22(25)31/h1-11,13,20H,12H2,(H2,24,30)(H2,25,31)(H,26,29)/b11-10+. The van der Waals surface area contributed by atoms with Gasteiger partial charge in [-0.15, -0.1) is 0 Å². The predicted molar refractivity (Wildman–Crippen MR) is 118 cm³/mol. The molecule has 0 spiro atoms. The van der Waals surface area contributed by atoms with Gasteiger partial charge in [0.05, 0.1) is 12.2 Å². The molecule has 0 radical (unpaired) electrons. The molecule has 3 rings (SSSR count). The monoisotopic (exact) mass is 437 g/mol. The molecule has 1 aromatic heterocycles. The summed E-state index contributed by atoms with van der Waals surface area (Å²) in [5.74, 6) is -2.76. The highest BCUT2D eigenvalue weighted by Gasteiger charge is 2.22. The molecule has 0 atom stereocenters. The lowest BCUT2D eigenvalue weighted by atomic mass is 10.1. The topological polar surface area (TPSA) is 133 Å². The largest absolute Gasteiger partial charge is 0.367 e. The third kappa shape index (κ3) is 5.58. The number of amides is 3. The number of aromatic nitrogens is 2. The van der Waals surface area contributed by atoms with Crippen molar-refractivity contribution in [1.29, 1.82) is 0 Å². The number of primary amides is 2. The van der Waals surface area contributed by atoms with Gasteiger partial charge in [-0.25, -0.2) is 0 Å². The molecule has 0 fully saturated rings. The van der Waals surface area contributed by atoms with E-state index in [9.17, 15) is 14.4 Å². The van der Waals surface area contributed by atoms with Gasteiger partial charge >= 0.3 is 0 Å². The molecular formula is C22H20ClN5O3. The number of carbonyl (C=O) groups is 3. The zero-order valence-corrected chi connectivity index (χ0v) is 17.1. The number of nitrogens with one attached hydrogen (secondary N) is 1. The molecule has 0 aliphatic rings. The summed E-state index contributed by atoms with van der Waals surface area (Å²) in [6, 6.07) is 15.3. The summed E-state index contributed by atoms with van der Waals surface area (Å²) in [4.78, 5) is 34.7. The molecule has 8 nitrogen and oxygen atoms in total. The molecule has 3 amide bonds. The zero-order chi connectivity index (χ0) is 22.4. The second kappa shape index (κ2) is 9.73. The van der Waals surface area contributed by atoms with E-state index in [4.69, 9.17) is 23.1 Å². The van der Waals surface area contributed by atoms with Gasteiger partial charge in [0, 0.05) is 28.4 Å². The average Bonchev–Trinajstić information content (AvgIpc) is 3.15. The summed E-state index contributed by atoms with van der Waals surface area (Å²) in [5.41, 5.74) is 13.2. The SMILES string of the molecule is NC(=O)C(NC(=O)/C=C/c1cn(Cc2ccccc2Cl)nc1-c1ccccc1)C(N)=O. The summed E-state index contributed by atoms with van der Waals surface area (Å²) in [7, 11) is 0. The number of hydrogen-bond acceptors (Lipinski definition) is 4. The predicted octanol–water partition coefficient (Wildman–Crippen LogP) is 1.72. The van der Waals surface area contributed by atoms with Gasteiger partial charge in [-0.3, -0.25) is 19.1 Å². The lowest BCUT2D eigenvalue weighted by Crippen LogP contribution is -2.52. The van der Waals surface area contributed by atoms with Crippen LogP contribution in [0.25, 0.3) is 17.3 Å². The van der Waals surface area contributed by atoms with Crippen molar-refractivity contribution >= 4 is 35.4 Å². The number of carbonyl (C=O) groups excluding carboxylic acids is 3. The molecule has 0 saturated carbocycles. The van der Waals surface area contributed by atoms with Crippen LogP contribution in [-0.4, -0.2) is 33.5 Å². The molecule has 1 heterocycles. The van der Waals surface area contributed by atoms with E-state index >= 15 is 0 Å². The first-order chi connectivity index (χ1) is 14.8. The van der Waals surface area contributed by atoms with Crippen molar-refractivity contribution in [3.8, 4) is 11.3 Å². The number of rotatable bonds is 8. The van der Waals surface area contributed by atoms with Crippen LogP contribution in [0.3, 0.4) is 0 Å². The fourth-order valence-corrected chi connectivity index (χ4v) is 3.10. The van der Waals surface area contributed by atoms with Crippen molar-refractivity contribution in [2.24, 2.45) is 11.5 Å². The van der Waals surface area contributed by atoms with Gasteiger partial charge in [0.2, 0.25) is 17.7 Å². The fraction of sp³-hybridized carbons (Fsp3) is 0.0909. The highest BCUT2D eigenvalue weighted by atomic mass is 35.5. The fourth-order valence-electron chi connectivity index (χ4n) is 2.90. The first-order valence-electron chi connectivity index (χ1n) is 9.28. The molecule has 0 unspecified atom stereocenters. The Kier molecular flexibility index (Phi) is 6.84. The normalized spacial score (nSPS) is 11.0. The number of halogens is 1. The van der Waals surface area contributed by atoms with Crippen LogP contribution in [0.15, 0.2) is 66.9 Å². The van der Waals surface area contributed by atoms with Crippen molar-refractivity contribution in [2.75, 3.05) is 0 Å². The first-order valence-corrected chi connectivity index (χ1v) is 9.66.